The first-order valence-electron chi connectivity index (χ1n) is 14.2. The van der Waals surface area contributed by atoms with Crippen molar-refractivity contribution in [2.75, 3.05) is 46.2 Å². The summed E-state index contributed by atoms with van der Waals surface area (Å²) in [6.45, 7) is -4.56. The number of aliphatic hydroxyl groups is 12. The molecule has 3 rings (SSSR count). The molecule has 2 unspecified atom stereocenters. The van der Waals surface area contributed by atoms with Crippen LogP contribution in [0.3, 0.4) is 0 Å². The van der Waals surface area contributed by atoms with Gasteiger partial charge in [0.2, 0.25) is 0 Å². The van der Waals surface area contributed by atoms with Crippen LogP contribution in [0.1, 0.15) is 0 Å². The first kappa shape index (κ1) is 39.8. The van der Waals surface area contributed by atoms with Crippen molar-refractivity contribution in [3.63, 3.8) is 0 Å². The van der Waals surface area contributed by atoms with Crippen LogP contribution in [0.5, 0.6) is 0 Å². The van der Waals surface area contributed by atoms with E-state index in [1.807, 2.05) is 0 Å². The molecule has 0 spiro atoms. The summed E-state index contributed by atoms with van der Waals surface area (Å²) in [5.41, 5.74) is 0. The van der Waals surface area contributed by atoms with Gasteiger partial charge in [-0.3, -0.25) is 14.4 Å². The molecule has 0 aromatic rings. The van der Waals surface area contributed by atoms with Gasteiger partial charge >= 0.3 is 7.82 Å². The van der Waals surface area contributed by atoms with Gasteiger partial charge < -0.3 is 89.9 Å². The van der Waals surface area contributed by atoms with Gasteiger partial charge in [-0.25, -0.2) is 4.57 Å². The van der Waals surface area contributed by atoms with Gasteiger partial charge in [-0.05, 0) is 0 Å². The van der Waals surface area contributed by atoms with Gasteiger partial charge in [0.15, 0.2) is 12.6 Å². The lowest BCUT2D eigenvalue weighted by atomic mass is 9.96. The molecule has 0 radical (unpaired) electrons. The van der Waals surface area contributed by atoms with Gasteiger partial charge in [-0.2, -0.15) is 0 Å². The summed E-state index contributed by atoms with van der Waals surface area (Å²) in [5, 5.41) is 122. The van der Waals surface area contributed by atoms with Crippen LogP contribution in [-0.2, 0) is 37.3 Å². The number of aliphatic hydroxyl groups excluding tert-OH is 12. The Morgan fingerprint density at radius 3 is 1.83 bits per heavy atom. The van der Waals surface area contributed by atoms with Gasteiger partial charge in [0.25, 0.3) is 0 Å². The fourth-order valence-electron chi connectivity index (χ4n) is 4.76. The molecule has 14 N–H and O–H groups in total. The molecule has 17 atom stereocenters. The number of rotatable bonds is 16. The van der Waals surface area contributed by atoms with Crippen molar-refractivity contribution in [3.8, 4) is 0 Å². The van der Waals surface area contributed by atoms with Crippen molar-refractivity contribution < 1.29 is 103 Å². The van der Waals surface area contributed by atoms with E-state index in [-0.39, 0.29) is 6.54 Å². The number of ether oxygens (including phenoxy) is 5. The van der Waals surface area contributed by atoms with Crippen LogP contribution in [0.4, 0.5) is 0 Å². The predicted octanol–water partition coefficient (Wildman–Crippen LogP) is -8.49. The quantitative estimate of drug-likeness (QED) is 0.0524. The molecule has 0 aromatic heterocycles. The molecule has 0 aliphatic carbocycles. The lowest BCUT2D eigenvalue weighted by molar-refractivity contribution is -0.348. The van der Waals surface area contributed by atoms with E-state index in [0.717, 1.165) is 0 Å². The van der Waals surface area contributed by atoms with E-state index in [1.54, 1.807) is 0 Å². The monoisotopic (exact) mass is 701 g/mol. The van der Waals surface area contributed by atoms with Crippen LogP contribution in [0.15, 0.2) is 0 Å². The lowest BCUT2D eigenvalue weighted by Gasteiger charge is -2.47. The fourth-order valence-corrected chi connectivity index (χ4v) is 5.52. The average Bonchev–Trinajstić information content (AvgIpc) is 3.03. The fraction of sp³-hybridized carbons (Fsp3) is 1.00. The summed E-state index contributed by atoms with van der Waals surface area (Å²) >= 11 is 0. The smallest absolute Gasteiger partial charge is 0.394 e. The highest BCUT2D eigenvalue weighted by Gasteiger charge is 2.51. The maximum atomic E-state index is 12.0. The van der Waals surface area contributed by atoms with Crippen molar-refractivity contribution in [3.05, 3.63) is 0 Å². The molecule has 3 heterocycles. The third kappa shape index (κ3) is 9.98. The summed E-state index contributed by atoms with van der Waals surface area (Å²) in [6, 6.07) is 0. The normalized spacial score (nSPS) is 44.1. The molecule has 3 aliphatic heterocycles. The number of phosphoric acid groups is 1. The van der Waals surface area contributed by atoms with Crippen LogP contribution >= 0.6 is 7.82 Å². The minimum absolute atomic E-state index is 0.332. The zero-order valence-corrected chi connectivity index (χ0v) is 25.1. The van der Waals surface area contributed by atoms with Crippen molar-refractivity contribution in [1.82, 2.24) is 5.32 Å². The van der Waals surface area contributed by atoms with Crippen LogP contribution in [0.25, 0.3) is 0 Å². The first-order valence-corrected chi connectivity index (χ1v) is 15.7. The van der Waals surface area contributed by atoms with E-state index >= 15 is 0 Å². The van der Waals surface area contributed by atoms with E-state index in [4.69, 9.17) is 33.3 Å². The molecule has 0 saturated carbocycles. The van der Waals surface area contributed by atoms with Gasteiger partial charge in [0.1, 0.15) is 85.6 Å². The Balaban J connectivity index is 1.71. The number of nitrogens with one attached hydrogen (secondary N) is 1. The van der Waals surface area contributed by atoms with Crippen LogP contribution in [0.2, 0.25) is 0 Å². The van der Waals surface area contributed by atoms with Crippen LogP contribution in [-0.4, -0.2) is 211 Å². The Morgan fingerprint density at radius 2 is 1.26 bits per heavy atom. The third-order valence-corrected chi connectivity index (χ3v) is 8.43. The Bertz CT molecular complexity index is 952. The van der Waals surface area contributed by atoms with E-state index in [2.05, 4.69) is 9.84 Å². The Kier molecular flexibility index (Phi) is 15.5. The minimum atomic E-state index is -4.68. The summed E-state index contributed by atoms with van der Waals surface area (Å²) in [4.78, 5) is 9.71. The van der Waals surface area contributed by atoms with Crippen molar-refractivity contribution in [2.24, 2.45) is 0 Å². The average molecular weight is 702 g/mol. The second-order valence-corrected chi connectivity index (χ2v) is 12.2. The topological polar surface area (TPSA) is 357 Å². The highest BCUT2D eigenvalue weighted by Crippen LogP contribution is 2.43. The van der Waals surface area contributed by atoms with E-state index < -0.39 is 146 Å². The zero-order valence-electron chi connectivity index (χ0n) is 24.2. The van der Waals surface area contributed by atoms with Gasteiger partial charge in [-0.1, -0.05) is 0 Å². The lowest BCUT2D eigenvalue weighted by Crippen LogP contribution is -2.67. The Hall–Kier alpha value is -0.610. The number of hydrogen-bond donors (Lipinski definition) is 14. The minimum Gasteiger partial charge on any atom is -0.394 e. The summed E-state index contributed by atoms with van der Waals surface area (Å²) < 4.78 is 48.5. The van der Waals surface area contributed by atoms with E-state index in [9.17, 15) is 65.6 Å². The molecule has 23 heteroatoms. The molecular weight excluding hydrogens is 657 g/mol. The van der Waals surface area contributed by atoms with Crippen LogP contribution < -0.4 is 5.32 Å². The zero-order chi connectivity index (χ0) is 34.3. The molecule has 3 saturated heterocycles. The van der Waals surface area contributed by atoms with Crippen molar-refractivity contribution in [1.29, 1.82) is 0 Å². The van der Waals surface area contributed by atoms with Gasteiger partial charge in [-0.15, -0.1) is 0 Å². The molecular formula is C23H44NO21P. The predicted molar refractivity (Wildman–Crippen MR) is 142 cm³/mol. The molecule has 0 amide bonds. The second kappa shape index (κ2) is 17.9. The number of hydrogen-bond acceptors (Lipinski definition) is 21. The molecule has 272 valence electrons. The highest BCUT2D eigenvalue weighted by atomic mass is 31.2. The Labute approximate surface area is 261 Å². The molecule has 46 heavy (non-hydrogen) atoms. The molecule has 3 aliphatic rings. The van der Waals surface area contributed by atoms with Crippen molar-refractivity contribution in [2.45, 2.75) is 98.2 Å². The SMILES string of the molecule is O=P(O)(OCCN[C@@H]1O[C@H](CO[C@H]2O[C@H](CO)[C@@H](O)[C@H](O)[C@@H]2O)[C@@H](O)[C@H](O[C@H]2O[C@H](CO)[C@@H](O)[C@H](O)[C@@H]2O)[C@@H]1O)OCC(O)CO. The highest BCUT2D eigenvalue weighted by molar-refractivity contribution is 7.47. The molecule has 3 fully saturated rings. The third-order valence-electron chi connectivity index (χ3n) is 7.44. The van der Waals surface area contributed by atoms with E-state index in [0.29, 0.717) is 0 Å². The van der Waals surface area contributed by atoms with Crippen molar-refractivity contribution >= 4 is 7.82 Å². The Morgan fingerprint density at radius 1 is 0.696 bits per heavy atom. The largest absolute Gasteiger partial charge is 0.472 e. The van der Waals surface area contributed by atoms with Crippen LogP contribution in [0, 0.1) is 0 Å². The standard InChI is InChI=1S/C23H44NO21P/c25-3-8(28)6-41-46(37,38)40-2-1-24-21-19(36)20(45-23-18(35)16(33)13(30)10(5-27)44-23)14(31)11(42-21)7-39-22-17(34)15(32)12(29)9(4-26)43-22/h8-36H,1-7H2,(H,37,38)/t8?,9-,10-,11-,12-,13-,14-,15+,16+,17+,18+,19+,20+,21-,22+,23-/m1/s1. The molecule has 0 aromatic carbocycles. The molecule has 22 nitrogen and oxygen atoms in total. The van der Waals surface area contributed by atoms with E-state index in [1.165, 1.54) is 0 Å². The maximum Gasteiger partial charge on any atom is 0.472 e. The second-order valence-electron chi connectivity index (χ2n) is 10.8. The number of phosphoric ester groups is 1. The first-order chi connectivity index (χ1) is 21.6. The summed E-state index contributed by atoms with van der Waals surface area (Å²) in [5.74, 6) is 0. The summed E-state index contributed by atoms with van der Waals surface area (Å²) in [6.07, 6.45) is -26.8. The van der Waals surface area contributed by atoms with Gasteiger partial charge in [0.05, 0.1) is 39.6 Å². The summed E-state index contributed by atoms with van der Waals surface area (Å²) in [7, 11) is -4.68. The van der Waals surface area contributed by atoms with Gasteiger partial charge in [0, 0.05) is 6.54 Å². The maximum absolute atomic E-state index is 12.0. The molecule has 0 bridgehead atoms.